The minimum absolute atomic E-state index is 0.321. The van der Waals surface area contributed by atoms with Crippen LogP contribution in [0.2, 0.25) is 0 Å². The highest BCUT2D eigenvalue weighted by molar-refractivity contribution is 8.32. The Bertz CT molecular complexity index is 158. The summed E-state index contributed by atoms with van der Waals surface area (Å²) in [5, 5.41) is 1.00. The third kappa shape index (κ3) is 5.09. The topological polar surface area (TPSA) is 3.24 Å². The van der Waals surface area contributed by atoms with Gasteiger partial charge in [-0.05, 0) is 70.7 Å². The van der Waals surface area contributed by atoms with Gasteiger partial charge in [0.05, 0.1) is 0 Å². The standard InChI is InChI=1S/C12H27NS.C2H6/c1-12(2,3)13-9-7-11(8-10-13)14(4,5)6;1-2/h11H,7-10H2,1-6H3;1-2H3. The normalized spacial score (nSPS) is 21.2. The molecule has 0 radical (unpaired) electrons. The van der Waals surface area contributed by atoms with Gasteiger partial charge in [-0.15, -0.1) is 0 Å². The molecule has 1 rings (SSSR count). The first-order chi connectivity index (χ1) is 7.21. The van der Waals surface area contributed by atoms with E-state index in [9.17, 15) is 0 Å². The molecule has 0 N–H and O–H groups in total. The van der Waals surface area contributed by atoms with Gasteiger partial charge in [0.15, 0.2) is 0 Å². The van der Waals surface area contributed by atoms with Gasteiger partial charge in [-0.25, -0.2) is 10.0 Å². The van der Waals surface area contributed by atoms with Gasteiger partial charge in [0.1, 0.15) is 0 Å². The predicted molar refractivity (Wildman–Crippen MR) is 81.1 cm³/mol. The smallest absolute Gasteiger partial charge is 0.0125 e. The Morgan fingerprint density at radius 2 is 1.31 bits per heavy atom. The maximum atomic E-state index is 2.63. The third-order valence-electron chi connectivity index (χ3n) is 3.39. The Hall–Kier alpha value is 0.310. The van der Waals surface area contributed by atoms with Crippen LogP contribution < -0.4 is 0 Å². The van der Waals surface area contributed by atoms with Gasteiger partial charge in [-0.3, -0.25) is 4.90 Å². The molecule has 1 aliphatic rings. The van der Waals surface area contributed by atoms with Gasteiger partial charge in [0, 0.05) is 5.54 Å². The van der Waals surface area contributed by atoms with E-state index in [-0.39, 0.29) is 10.0 Å². The molecule has 2 heteroatoms. The van der Waals surface area contributed by atoms with Crippen LogP contribution in [0.25, 0.3) is 0 Å². The van der Waals surface area contributed by atoms with Gasteiger partial charge in [-0.1, -0.05) is 13.8 Å². The second-order valence-corrected chi connectivity index (χ2v) is 10.8. The number of hydrogen-bond acceptors (Lipinski definition) is 1. The first-order valence-electron chi connectivity index (χ1n) is 6.63. The summed E-state index contributed by atoms with van der Waals surface area (Å²) < 4.78 is 0. The summed E-state index contributed by atoms with van der Waals surface area (Å²) in [5.41, 5.74) is 0.373. The van der Waals surface area contributed by atoms with Crippen molar-refractivity contribution < 1.29 is 0 Å². The largest absolute Gasteiger partial charge is 0.298 e. The Balaban J connectivity index is 0.00000106. The molecule has 1 saturated heterocycles. The van der Waals surface area contributed by atoms with Crippen LogP contribution in [0.1, 0.15) is 47.5 Å². The summed E-state index contributed by atoms with van der Waals surface area (Å²) in [5.74, 6) is 0. The lowest BCUT2D eigenvalue weighted by molar-refractivity contribution is 0.112. The van der Waals surface area contributed by atoms with E-state index in [0.29, 0.717) is 5.54 Å². The van der Waals surface area contributed by atoms with E-state index in [1.54, 1.807) is 0 Å². The molecular formula is C14H33NS. The molecule has 0 amide bonds. The van der Waals surface area contributed by atoms with Crippen LogP contribution >= 0.6 is 10.0 Å². The van der Waals surface area contributed by atoms with Crippen LogP contribution in [0.3, 0.4) is 0 Å². The molecule has 0 spiro atoms. The van der Waals surface area contributed by atoms with Gasteiger partial charge in [0.2, 0.25) is 0 Å². The lowest BCUT2D eigenvalue weighted by Gasteiger charge is -2.46. The van der Waals surface area contributed by atoms with Gasteiger partial charge in [0.25, 0.3) is 0 Å². The monoisotopic (exact) mass is 247 g/mol. The van der Waals surface area contributed by atoms with Crippen LogP contribution in [0.15, 0.2) is 0 Å². The maximum Gasteiger partial charge on any atom is 0.0125 e. The van der Waals surface area contributed by atoms with Crippen molar-refractivity contribution in [1.82, 2.24) is 4.90 Å². The fourth-order valence-electron chi connectivity index (χ4n) is 2.23. The highest BCUT2D eigenvalue weighted by Gasteiger charge is 2.30. The van der Waals surface area contributed by atoms with Gasteiger partial charge >= 0.3 is 0 Å². The molecule has 0 unspecified atom stereocenters. The highest BCUT2D eigenvalue weighted by atomic mass is 32.3. The zero-order valence-electron chi connectivity index (χ0n) is 12.8. The maximum absolute atomic E-state index is 2.63. The quantitative estimate of drug-likeness (QED) is 0.678. The van der Waals surface area contributed by atoms with Crippen LogP contribution in [-0.4, -0.2) is 47.5 Å². The third-order valence-corrected chi connectivity index (χ3v) is 5.86. The van der Waals surface area contributed by atoms with Crippen molar-refractivity contribution in [3.05, 3.63) is 0 Å². The van der Waals surface area contributed by atoms with Crippen LogP contribution in [0.5, 0.6) is 0 Å². The second kappa shape index (κ2) is 6.30. The van der Waals surface area contributed by atoms with E-state index in [1.807, 2.05) is 13.8 Å². The lowest BCUT2D eigenvalue weighted by atomic mass is 10.0. The molecule has 0 bridgehead atoms. The van der Waals surface area contributed by atoms with Crippen LogP contribution in [0, 0.1) is 0 Å². The molecule has 1 aliphatic heterocycles. The number of hydrogen-bond donors (Lipinski definition) is 0. The Morgan fingerprint density at radius 3 is 1.56 bits per heavy atom. The van der Waals surface area contributed by atoms with Crippen molar-refractivity contribution in [3.63, 3.8) is 0 Å². The van der Waals surface area contributed by atoms with Crippen molar-refractivity contribution in [2.45, 2.75) is 58.2 Å². The Morgan fingerprint density at radius 1 is 0.938 bits per heavy atom. The molecular weight excluding hydrogens is 214 g/mol. The fraction of sp³-hybridized carbons (Fsp3) is 1.00. The first-order valence-corrected chi connectivity index (χ1v) is 9.55. The fourth-order valence-corrected chi connectivity index (χ4v) is 3.86. The van der Waals surface area contributed by atoms with E-state index in [1.165, 1.54) is 25.9 Å². The van der Waals surface area contributed by atoms with Crippen molar-refractivity contribution >= 4 is 10.0 Å². The van der Waals surface area contributed by atoms with Crippen LogP contribution in [-0.2, 0) is 0 Å². The van der Waals surface area contributed by atoms with E-state index in [2.05, 4.69) is 44.4 Å². The molecule has 0 aromatic rings. The number of piperidine rings is 1. The van der Waals surface area contributed by atoms with Crippen LogP contribution in [0.4, 0.5) is 0 Å². The molecule has 16 heavy (non-hydrogen) atoms. The molecule has 1 nitrogen and oxygen atoms in total. The summed E-state index contributed by atoms with van der Waals surface area (Å²) in [4.78, 5) is 2.63. The lowest BCUT2D eigenvalue weighted by Crippen LogP contribution is -2.47. The van der Waals surface area contributed by atoms with Crippen molar-refractivity contribution in [1.29, 1.82) is 0 Å². The van der Waals surface area contributed by atoms with E-state index < -0.39 is 0 Å². The van der Waals surface area contributed by atoms with Crippen molar-refractivity contribution in [2.24, 2.45) is 0 Å². The average Bonchev–Trinajstić information content (AvgIpc) is 2.18. The Kier molecular flexibility index (Phi) is 6.42. The first kappa shape index (κ1) is 16.3. The molecule has 0 saturated carbocycles. The molecule has 0 aliphatic carbocycles. The summed E-state index contributed by atoms with van der Waals surface area (Å²) in [6.45, 7) is 13.6. The summed E-state index contributed by atoms with van der Waals surface area (Å²) >= 11 is 0. The predicted octanol–water partition coefficient (Wildman–Crippen LogP) is 3.97. The van der Waals surface area contributed by atoms with Gasteiger partial charge in [-0.2, -0.15) is 0 Å². The summed E-state index contributed by atoms with van der Waals surface area (Å²) in [7, 11) is -0.321. The molecule has 0 aromatic heterocycles. The summed E-state index contributed by atoms with van der Waals surface area (Å²) in [6.07, 6.45) is 10.2. The second-order valence-electron chi connectivity index (χ2n) is 6.29. The molecule has 1 heterocycles. The minimum Gasteiger partial charge on any atom is -0.298 e. The number of likely N-dealkylation sites (tertiary alicyclic amines) is 1. The molecule has 1 fully saturated rings. The number of nitrogens with zero attached hydrogens (tertiary/aromatic N) is 1. The summed E-state index contributed by atoms with van der Waals surface area (Å²) in [6, 6.07) is 0. The zero-order valence-corrected chi connectivity index (χ0v) is 13.6. The molecule has 0 atom stereocenters. The number of rotatable bonds is 1. The minimum atomic E-state index is -0.321. The average molecular weight is 247 g/mol. The SMILES string of the molecule is CC.CC(C)(C)N1CCC(S(C)(C)C)CC1. The van der Waals surface area contributed by atoms with Crippen molar-refractivity contribution in [3.8, 4) is 0 Å². The van der Waals surface area contributed by atoms with Gasteiger partial charge < -0.3 is 0 Å². The Labute approximate surface area is 105 Å². The van der Waals surface area contributed by atoms with E-state index in [0.717, 1.165) is 5.25 Å². The van der Waals surface area contributed by atoms with Crippen molar-refractivity contribution in [2.75, 3.05) is 31.9 Å². The van der Waals surface area contributed by atoms with E-state index in [4.69, 9.17) is 0 Å². The highest BCUT2D eigenvalue weighted by Crippen LogP contribution is 2.46. The van der Waals surface area contributed by atoms with E-state index >= 15 is 0 Å². The molecule has 0 aromatic carbocycles. The molecule has 100 valence electrons. The zero-order chi connectivity index (χ0) is 13.0.